The minimum absolute atomic E-state index is 0.142. The first kappa shape index (κ1) is 14.6. The average Bonchev–Trinajstić information content (AvgIpc) is 2.43. The molecule has 2 aromatic carbocycles. The molecule has 0 spiro atoms. The Labute approximate surface area is 116 Å². The number of nitrogens with two attached hydrogens (primary N) is 1. The Morgan fingerprint density at radius 3 is 1.83 bits per heavy atom. The van der Waals surface area contributed by atoms with Gasteiger partial charge in [0.1, 0.15) is 6.29 Å². The van der Waals surface area contributed by atoms with Gasteiger partial charge < -0.3 is 10.5 Å². The molecule has 94 valence electrons. The van der Waals surface area contributed by atoms with Crippen LogP contribution in [0.25, 0.3) is 0 Å². The van der Waals surface area contributed by atoms with Gasteiger partial charge in [0, 0.05) is 11.0 Å². The van der Waals surface area contributed by atoms with E-state index in [0.717, 1.165) is 16.3 Å². The van der Waals surface area contributed by atoms with Crippen molar-refractivity contribution in [1.29, 1.82) is 0 Å². The summed E-state index contributed by atoms with van der Waals surface area (Å²) in [6.07, 6.45) is 0.884. The molecule has 0 heterocycles. The first-order valence-corrected chi connectivity index (χ1v) is 6.48. The largest absolute Gasteiger partial charge is 0.329 e. The molecule has 2 nitrogen and oxygen atoms in total. The molecule has 0 aliphatic rings. The Morgan fingerprint density at radius 1 is 1.00 bits per heavy atom. The Balaban J connectivity index is 0.000000199. The number of halogens is 1. The van der Waals surface area contributed by atoms with Crippen LogP contribution in [0.4, 0.5) is 0 Å². The predicted octanol–water partition coefficient (Wildman–Crippen LogP) is 3.38. The molecule has 0 saturated carbocycles. The van der Waals surface area contributed by atoms with Crippen LogP contribution in [0.3, 0.4) is 0 Å². The third-order valence-electron chi connectivity index (χ3n) is 2.38. The van der Waals surface area contributed by atoms with Gasteiger partial charge in [-0.15, -0.1) is 0 Å². The van der Waals surface area contributed by atoms with Gasteiger partial charge in [0.25, 0.3) is 0 Å². The summed E-state index contributed by atoms with van der Waals surface area (Å²) in [4.78, 5) is 10.5. The van der Waals surface area contributed by atoms with Crippen molar-refractivity contribution < 1.29 is 4.79 Å². The Hall–Kier alpha value is -1.45. The van der Waals surface area contributed by atoms with E-state index in [1.54, 1.807) is 0 Å². The van der Waals surface area contributed by atoms with Crippen LogP contribution in [0.1, 0.15) is 11.5 Å². The molecular weight excluding hydrogens is 290 g/mol. The molecule has 18 heavy (non-hydrogen) atoms. The smallest absolute Gasteiger partial charge is 0.128 e. The van der Waals surface area contributed by atoms with Crippen molar-refractivity contribution in [2.24, 2.45) is 5.73 Å². The number of benzene rings is 2. The molecular formula is C15H16BrNO. The second-order valence-electron chi connectivity index (χ2n) is 3.68. The van der Waals surface area contributed by atoms with Crippen molar-refractivity contribution >= 4 is 22.2 Å². The highest BCUT2D eigenvalue weighted by Gasteiger charge is 2.05. The van der Waals surface area contributed by atoms with Gasteiger partial charge in [0.15, 0.2) is 0 Å². The molecule has 2 aromatic rings. The van der Waals surface area contributed by atoms with Gasteiger partial charge in [0.05, 0.1) is 5.92 Å². The number of carbonyl (C=O) groups excluding carboxylic acids is 1. The Morgan fingerprint density at radius 2 is 1.50 bits per heavy atom. The summed E-state index contributed by atoms with van der Waals surface area (Å²) in [5, 5.41) is 0. The van der Waals surface area contributed by atoms with Crippen LogP contribution in [0.2, 0.25) is 0 Å². The maximum atomic E-state index is 10.5. The molecule has 0 radical (unpaired) electrons. The van der Waals surface area contributed by atoms with Crippen LogP contribution < -0.4 is 5.73 Å². The van der Waals surface area contributed by atoms with Crippen molar-refractivity contribution in [3.05, 3.63) is 70.7 Å². The summed E-state index contributed by atoms with van der Waals surface area (Å²) < 4.78 is 1.13. The second kappa shape index (κ2) is 8.61. The fourth-order valence-corrected chi connectivity index (χ4v) is 1.69. The maximum Gasteiger partial charge on any atom is 0.128 e. The van der Waals surface area contributed by atoms with E-state index in [1.807, 2.05) is 60.7 Å². The topological polar surface area (TPSA) is 43.1 Å². The standard InChI is InChI=1S/C9H11NO.C6H5Br/c10-6-9(7-11)8-4-2-1-3-5-8;7-6-4-2-1-3-5-6/h1-5,7,9H,6,10H2;1-5H. The van der Waals surface area contributed by atoms with Gasteiger partial charge in [-0.1, -0.05) is 64.5 Å². The van der Waals surface area contributed by atoms with E-state index in [2.05, 4.69) is 15.9 Å². The summed E-state index contributed by atoms with van der Waals surface area (Å²) in [6.45, 7) is 0.382. The number of aldehydes is 1. The Kier molecular flexibility index (Phi) is 6.99. The molecule has 2 rings (SSSR count). The zero-order chi connectivity index (χ0) is 13.2. The van der Waals surface area contributed by atoms with Gasteiger partial charge in [-0.3, -0.25) is 0 Å². The predicted molar refractivity (Wildman–Crippen MR) is 78.4 cm³/mol. The van der Waals surface area contributed by atoms with Crippen molar-refractivity contribution in [3.63, 3.8) is 0 Å². The van der Waals surface area contributed by atoms with Crippen LogP contribution in [0, 0.1) is 0 Å². The highest BCUT2D eigenvalue weighted by molar-refractivity contribution is 9.10. The highest BCUT2D eigenvalue weighted by Crippen LogP contribution is 2.10. The molecule has 1 unspecified atom stereocenters. The lowest BCUT2D eigenvalue weighted by molar-refractivity contribution is -0.108. The van der Waals surface area contributed by atoms with Crippen molar-refractivity contribution in [2.45, 2.75) is 5.92 Å². The van der Waals surface area contributed by atoms with Gasteiger partial charge in [-0.25, -0.2) is 0 Å². The zero-order valence-electron chi connectivity index (χ0n) is 10.00. The van der Waals surface area contributed by atoms with Gasteiger partial charge in [0.2, 0.25) is 0 Å². The van der Waals surface area contributed by atoms with Crippen LogP contribution in [0.15, 0.2) is 65.1 Å². The molecule has 0 aliphatic carbocycles. The van der Waals surface area contributed by atoms with E-state index in [-0.39, 0.29) is 5.92 Å². The SMILES string of the molecule is Brc1ccccc1.NCC(C=O)c1ccccc1. The molecule has 3 heteroatoms. The maximum absolute atomic E-state index is 10.5. The molecule has 1 atom stereocenters. The molecule has 0 aliphatic heterocycles. The van der Waals surface area contributed by atoms with Crippen molar-refractivity contribution in [1.82, 2.24) is 0 Å². The Bertz CT molecular complexity index is 445. The molecule has 0 aromatic heterocycles. The van der Waals surface area contributed by atoms with Crippen LogP contribution in [0.5, 0.6) is 0 Å². The van der Waals surface area contributed by atoms with Gasteiger partial charge in [-0.05, 0) is 17.7 Å². The monoisotopic (exact) mass is 305 g/mol. The van der Waals surface area contributed by atoms with Crippen molar-refractivity contribution in [3.8, 4) is 0 Å². The number of hydrogen-bond acceptors (Lipinski definition) is 2. The van der Waals surface area contributed by atoms with Crippen LogP contribution >= 0.6 is 15.9 Å². The van der Waals surface area contributed by atoms with E-state index < -0.39 is 0 Å². The number of rotatable bonds is 3. The molecule has 2 N–H and O–H groups in total. The minimum Gasteiger partial charge on any atom is -0.329 e. The minimum atomic E-state index is -0.142. The van der Waals surface area contributed by atoms with E-state index in [0.29, 0.717) is 6.54 Å². The first-order chi connectivity index (χ1) is 8.77. The average molecular weight is 306 g/mol. The fourth-order valence-electron chi connectivity index (χ4n) is 1.39. The van der Waals surface area contributed by atoms with E-state index in [1.165, 1.54) is 0 Å². The summed E-state index contributed by atoms with van der Waals surface area (Å²) in [7, 11) is 0. The quantitative estimate of drug-likeness (QED) is 0.883. The number of hydrogen-bond donors (Lipinski definition) is 1. The van der Waals surface area contributed by atoms with E-state index in [4.69, 9.17) is 5.73 Å². The van der Waals surface area contributed by atoms with Gasteiger partial charge in [-0.2, -0.15) is 0 Å². The normalized spacial score (nSPS) is 11.0. The molecule has 0 bridgehead atoms. The van der Waals surface area contributed by atoms with Crippen LogP contribution in [-0.2, 0) is 4.79 Å². The fraction of sp³-hybridized carbons (Fsp3) is 0.133. The lowest BCUT2D eigenvalue weighted by Gasteiger charge is -2.05. The summed E-state index contributed by atoms with van der Waals surface area (Å²) in [6, 6.07) is 19.5. The van der Waals surface area contributed by atoms with Crippen molar-refractivity contribution in [2.75, 3.05) is 6.54 Å². The van der Waals surface area contributed by atoms with Crippen LogP contribution in [-0.4, -0.2) is 12.8 Å². The van der Waals surface area contributed by atoms with Gasteiger partial charge >= 0.3 is 0 Å². The lowest BCUT2D eigenvalue weighted by Crippen LogP contribution is -2.13. The first-order valence-electron chi connectivity index (χ1n) is 5.68. The third-order valence-corrected chi connectivity index (χ3v) is 2.91. The molecule has 0 fully saturated rings. The number of carbonyl (C=O) groups is 1. The third kappa shape index (κ3) is 5.25. The summed E-state index contributed by atoms with van der Waals surface area (Å²) >= 11 is 3.31. The van der Waals surface area contributed by atoms with E-state index >= 15 is 0 Å². The molecule has 0 saturated heterocycles. The van der Waals surface area contributed by atoms with E-state index in [9.17, 15) is 4.79 Å². The zero-order valence-corrected chi connectivity index (χ0v) is 11.6. The molecule has 0 amide bonds. The summed E-state index contributed by atoms with van der Waals surface area (Å²) in [5.74, 6) is -0.142. The lowest BCUT2D eigenvalue weighted by atomic mass is 10.0. The second-order valence-corrected chi connectivity index (χ2v) is 4.60. The summed E-state index contributed by atoms with van der Waals surface area (Å²) in [5.41, 5.74) is 6.37. The highest BCUT2D eigenvalue weighted by atomic mass is 79.9.